The Morgan fingerprint density at radius 2 is 2.17 bits per heavy atom. The lowest BCUT2D eigenvalue weighted by Gasteiger charge is -2.22. The second-order valence-corrected chi connectivity index (χ2v) is 8.27. The highest BCUT2D eigenvalue weighted by atomic mass is 32.1. The molecule has 0 spiro atoms. The Hall–Kier alpha value is -2.90. The number of fused-ring (bicyclic) bond motifs is 2. The lowest BCUT2D eigenvalue weighted by molar-refractivity contribution is 0.0896. The molecule has 7 heteroatoms. The summed E-state index contributed by atoms with van der Waals surface area (Å²) < 4.78 is 18.2. The van der Waals surface area contributed by atoms with Gasteiger partial charge >= 0.3 is 0 Å². The van der Waals surface area contributed by atoms with E-state index in [1.54, 1.807) is 11.0 Å². The molecule has 1 aliphatic rings. The number of para-hydroxylation sites is 1. The van der Waals surface area contributed by atoms with Crippen LogP contribution in [0.5, 0.6) is 5.75 Å². The molecule has 1 aliphatic heterocycles. The van der Waals surface area contributed by atoms with Crippen LogP contribution in [0.3, 0.4) is 0 Å². The number of carbonyl (C=O) groups excluding carboxylic acids is 1. The number of anilines is 1. The summed E-state index contributed by atoms with van der Waals surface area (Å²) in [5, 5.41) is 1.54. The summed E-state index contributed by atoms with van der Waals surface area (Å²) in [7, 11) is 0. The van der Waals surface area contributed by atoms with E-state index >= 15 is 0 Å². The summed E-state index contributed by atoms with van der Waals surface area (Å²) in [5.74, 6) is 0.906. The molecule has 0 bridgehead atoms. The third-order valence-electron chi connectivity index (χ3n) is 5.18. The van der Waals surface area contributed by atoms with Gasteiger partial charge in [0.25, 0.3) is 5.91 Å². The van der Waals surface area contributed by atoms with Crippen LogP contribution in [-0.2, 0) is 4.74 Å². The average molecular weight is 423 g/mol. The number of furan rings is 1. The van der Waals surface area contributed by atoms with Crippen LogP contribution in [0, 0.1) is 0 Å². The van der Waals surface area contributed by atoms with Crippen molar-refractivity contribution in [2.75, 3.05) is 24.7 Å². The summed E-state index contributed by atoms with van der Waals surface area (Å²) in [4.78, 5) is 19.9. The molecule has 2 aromatic carbocycles. The van der Waals surface area contributed by atoms with Crippen LogP contribution < -0.4 is 9.64 Å². The largest absolute Gasteiger partial charge is 0.494 e. The molecule has 30 heavy (non-hydrogen) atoms. The van der Waals surface area contributed by atoms with Gasteiger partial charge in [0.05, 0.1) is 29.5 Å². The van der Waals surface area contributed by atoms with Gasteiger partial charge < -0.3 is 13.9 Å². The zero-order valence-corrected chi connectivity index (χ0v) is 17.5. The zero-order chi connectivity index (χ0) is 20.5. The molecule has 1 atom stereocenters. The van der Waals surface area contributed by atoms with Crippen molar-refractivity contribution in [1.82, 2.24) is 4.98 Å². The molecule has 1 amide bonds. The number of nitrogens with zero attached hydrogens (tertiary/aromatic N) is 2. The van der Waals surface area contributed by atoms with Crippen LogP contribution in [0.1, 0.15) is 30.3 Å². The zero-order valence-electron chi connectivity index (χ0n) is 16.7. The van der Waals surface area contributed by atoms with E-state index in [1.165, 1.54) is 11.3 Å². The van der Waals surface area contributed by atoms with Crippen molar-refractivity contribution in [1.29, 1.82) is 0 Å². The van der Waals surface area contributed by atoms with E-state index in [-0.39, 0.29) is 12.0 Å². The molecule has 1 saturated heterocycles. The summed E-state index contributed by atoms with van der Waals surface area (Å²) in [6, 6.07) is 15.2. The fourth-order valence-corrected chi connectivity index (χ4v) is 4.73. The molecule has 1 unspecified atom stereocenters. The van der Waals surface area contributed by atoms with Gasteiger partial charge in [0.15, 0.2) is 10.9 Å². The molecule has 6 nitrogen and oxygen atoms in total. The summed E-state index contributed by atoms with van der Waals surface area (Å²) >= 11 is 1.48. The summed E-state index contributed by atoms with van der Waals surface area (Å²) in [6.45, 7) is 3.74. The van der Waals surface area contributed by atoms with Gasteiger partial charge in [-0.25, -0.2) is 4.98 Å². The van der Waals surface area contributed by atoms with Gasteiger partial charge in [0.2, 0.25) is 0 Å². The highest BCUT2D eigenvalue weighted by Gasteiger charge is 2.29. The standard InChI is InChI=1S/C23H22N2O4S/c1-2-27-16-9-10-18-21(13-16)30-23(24-18)25(14-17-7-5-11-28-17)22(26)20-12-15-6-3-4-8-19(15)29-20/h3-4,6,8-10,12-13,17H,2,5,7,11,14H2,1H3. The van der Waals surface area contributed by atoms with Gasteiger partial charge in [-0.05, 0) is 50.1 Å². The minimum Gasteiger partial charge on any atom is -0.494 e. The van der Waals surface area contributed by atoms with Gasteiger partial charge in [0.1, 0.15) is 11.3 Å². The van der Waals surface area contributed by atoms with Gasteiger partial charge in [-0.15, -0.1) is 0 Å². The lowest BCUT2D eigenvalue weighted by Crippen LogP contribution is -2.37. The Kier molecular flexibility index (Phi) is 5.14. The minimum absolute atomic E-state index is 0.00401. The molecule has 5 rings (SSSR count). The van der Waals surface area contributed by atoms with Crippen LogP contribution in [-0.4, -0.2) is 36.8 Å². The average Bonchev–Trinajstić information content (AvgIpc) is 3.50. The molecule has 4 aromatic rings. The number of rotatable bonds is 6. The molecule has 0 saturated carbocycles. The Bertz CT molecular complexity index is 1160. The fraction of sp³-hybridized carbons (Fsp3) is 0.304. The molecule has 154 valence electrons. The molecule has 0 N–H and O–H groups in total. The number of hydrogen-bond acceptors (Lipinski definition) is 6. The van der Waals surface area contributed by atoms with Gasteiger partial charge in [-0.3, -0.25) is 9.69 Å². The fourth-order valence-electron chi connectivity index (χ4n) is 3.72. The first-order valence-corrected chi connectivity index (χ1v) is 11.0. The maximum Gasteiger partial charge on any atom is 0.295 e. The normalized spacial score (nSPS) is 16.4. The highest BCUT2D eigenvalue weighted by Crippen LogP contribution is 2.33. The number of aromatic nitrogens is 1. The number of benzene rings is 2. The van der Waals surface area contributed by atoms with E-state index in [0.29, 0.717) is 29.6 Å². The first-order valence-electron chi connectivity index (χ1n) is 10.2. The first kappa shape index (κ1) is 19.1. The Balaban J connectivity index is 1.52. The van der Waals surface area contributed by atoms with Crippen molar-refractivity contribution >= 4 is 43.6 Å². The SMILES string of the molecule is CCOc1ccc2nc(N(CC3CCCO3)C(=O)c3cc4ccccc4o3)sc2c1. The van der Waals surface area contributed by atoms with Crippen LogP contribution in [0.2, 0.25) is 0 Å². The Morgan fingerprint density at radius 3 is 2.97 bits per heavy atom. The van der Waals surface area contributed by atoms with Crippen molar-refractivity contribution < 1.29 is 18.7 Å². The smallest absolute Gasteiger partial charge is 0.295 e. The van der Waals surface area contributed by atoms with E-state index in [2.05, 4.69) is 0 Å². The van der Waals surface area contributed by atoms with Gasteiger partial charge in [-0.2, -0.15) is 0 Å². The number of hydrogen-bond donors (Lipinski definition) is 0. The van der Waals surface area contributed by atoms with Crippen molar-refractivity contribution in [2.45, 2.75) is 25.9 Å². The minimum atomic E-state index is -0.203. The predicted octanol–water partition coefficient (Wildman–Crippen LogP) is 5.27. The van der Waals surface area contributed by atoms with Crippen LogP contribution in [0.25, 0.3) is 21.2 Å². The maximum atomic E-state index is 13.5. The Labute approximate surface area is 178 Å². The number of thiazole rings is 1. The van der Waals surface area contributed by atoms with E-state index in [0.717, 1.165) is 40.8 Å². The third kappa shape index (κ3) is 3.66. The van der Waals surface area contributed by atoms with E-state index in [4.69, 9.17) is 18.9 Å². The number of carbonyl (C=O) groups is 1. The molecular weight excluding hydrogens is 400 g/mol. The van der Waals surface area contributed by atoms with Crippen LogP contribution in [0.15, 0.2) is 52.9 Å². The summed E-state index contributed by atoms with van der Waals surface area (Å²) in [5.41, 5.74) is 1.54. The predicted molar refractivity (Wildman–Crippen MR) is 118 cm³/mol. The summed E-state index contributed by atoms with van der Waals surface area (Å²) in [6.07, 6.45) is 1.95. The van der Waals surface area contributed by atoms with E-state index < -0.39 is 0 Å². The third-order valence-corrected chi connectivity index (χ3v) is 6.22. The van der Waals surface area contributed by atoms with Crippen molar-refractivity contribution in [3.05, 3.63) is 54.3 Å². The quantitative estimate of drug-likeness (QED) is 0.424. The Morgan fingerprint density at radius 1 is 1.27 bits per heavy atom. The molecule has 0 aliphatic carbocycles. The lowest BCUT2D eigenvalue weighted by atomic mass is 10.2. The second kappa shape index (κ2) is 8.08. The molecule has 0 radical (unpaired) electrons. The van der Waals surface area contributed by atoms with Gasteiger partial charge in [0, 0.05) is 12.0 Å². The number of amides is 1. The monoisotopic (exact) mass is 422 g/mol. The molecule has 1 fully saturated rings. The van der Waals surface area contributed by atoms with Crippen molar-refractivity contribution in [3.63, 3.8) is 0 Å². The second-order valence-electron chi connectivity index (χ2n) is 7.26. The van der Waals surface area contributed by atoms with Crippen LogP contribution in [0.4, 0.5) is 5.13 Å². The highest BCUT2D eigenvalue weighted by molar-refractivity contribution is 7.22. The van der Waals surface area contributed by atoms with Crippen molar-refractivity contribution in [2.24, 2.45) is 0 Å². The maximum absolute atomic E-state index is 13.5. The molecule has 2 aromatic heterocycles. The topological polar surface area (TPSA) is 64.8 Å². The number of ether oxygens (including phenoxy) is 2. The molecular formula is C23H22N2O4S. The van der Waals surface area contributed by atoms with E-state index in [1.807, 2.05) is 49.4 Å². The molecule has 3 heterocycles. The first-order chi connectivity index (χ1) is 14.7. The van der Waals surface area contributed by atoms with Crippen LogP contribution >= 0.6 is 11.3 Å². The van der Waals surface area contributed by atoms with Crippen molar-refractivity contribution in [3.8, 4) is 5.75 Å². The van der Waals surface area contributed by atoms with Gasteiger partial charge in [-0.1, -0.05) is 29.5 Å². The van der Waals surface area contributed by atoms with E-state index in [9.17, 15) is 4.79 Å².